The van der Waals surface area contributed by atoms with Crippen molar-refractivity contribution in [2.45, 2.75) is 18.8 Å². The van der Waals surface area contributed by atoms with Crippen LogP contribution in [0.2, 0.25) is 0 Å². The minimum atomic E-state index is 0.0505. The van der Waals surface area contributed by atoms with E-state index in [9.17, 15) is 0 Å². The molecule has 0 saturated carbocycles. The minimum absolute atomic E-state index is 0.0505. The van der Waals surface area contributed by atoms with Crippen molar-refractivity contribution in [2.75, 3.05) is 0 Å². The zero-order valence-corrected chi connectivity index (χ0v) is 32.7. The largest absolute Gasteiger partial charge is 0.456 e. The van der Waals surface area contributed by atoms with Gasteiger partial charge in [0.25, 0.3) is 0 Å². The number of aryl methyl sites for hydroxylation is 1. The number of benzene rings is 9. The molecule has 60 heavy (non-hydrogen) atoms. The Balaban J connectivity index is 1.09. The highest BCUT2D eigenvalue weighted by Gasteiger charge is 2.28. The lowest BCUT2D eigenvalue weighted by Gasteiger charge is -2.20. The maximum atomic E-state index is 7.01. The summed E-state index contributed by atoms with van der Waals surface area (Å²) in [6.07, 6.45) is 1.85. The Bertz CT molecular complexity index is 3430. The highest BCUT2D eigenvalue weighted by molar-refractivity contribution is 6.12. The summed E-state index contributed by atoms with van der Waals surface area (Å²) in [7, 11) is 0. The van der Waals surface area contributed by atoms with Crippen LogP contribution in [0.3, 0.4) is 0 Å². The van der Waals surface area contributed by atoms with Crippen molar-refractivity contribution in [3.05, 3.63) is 211 Å². The van der Waals surface area contributed by atoms with Crippen molar-refractivity contribution in [1.82, 2.24) is 15.0 Å². The van der Waals surface area contributed by atoms with Crippen LogP contribution in [0, 0.1) is 0 Å². The van der Waals surface area contributed by atoms with Crippen LogP contribution in [-0.2, 0) is 6.42 Å². The van der Waals surface area contributed by atoms with E-state index in [-0.39, 0.29) is 5.92 Å². The van der Waals surface area contributed by atoms with Gasteiger partial charge >= 0.3 is 0 Å². The Kier molecular flexibility index (Phi) is 8.02. The van der Waals surface area contributed by atoms with Gasteiger partial charge in [-0.1, -0.05) is 164 Å². The van der Waals surface area contributed by atoms with E-state index in [4.69, 9.17) is 19.4 Å². The van der Waals surface area contributed by atoms with Crippen molar-refractivity contribution >= 4 is 43.5 Å². The van der Waals surface area contributed by atoms with E-state index in [0.717, 1.165) is 68.0 Å². The molecule has 0 unspecified atom stereocenters. The maximum absolute atomic E-state index is 7.01. The van der Waals surface area contributed by atoms with Crippen LogP contribution in [0.1, 0.15) is 29.0 Å². The van der Waals surface area contributed by atoms with Gasteiger partial charge in [0, 0.05) is 38.9 Å². The monoisotopic (exact) mass is 767 g/mol. The summed E-state index contributed by atoms with van der Waals surface area (Å²) in [5.41, 5.74) is 13.3. The van der Waals surface area contributed by atoms with Crippen LogP contribution >= 0.6 is 0 Å². The molecule has 0 saturated heterocycles. The number of aromatic nitrogens is 3. The average Bonchev–Trinajstić information content (AvgIpc) is 3.60. The molecule has 0 amide bonds. The van der Waals surface area contributed by atoms with Gasteiger partial charge in [-0.3, -0.25) is 0 Å². The third-order valence-corrected chi connectivity index (χ3v) is 12.3. The molecule has 12 rings (SSSR count). The molecule has 11 aromatic rings. The molecule has 0 fully saturated rings. The van der Waals surface area contributed by atoms with Crippen molar-refractivity contribution in [2.24, 2.45) is 0 Å². The van der Waals surface area contributed by atoms with Crippen molar-refractivity contribution in [3.63, 3.8) is 0 Å². The summed E-state index contributed by atoms with van der Waals surface area (Å²) in [6.45, 7) is 0. The first kappa shape index (κ1) is 34.4. The molecule has 1 atom stereocenters. The quantitative estimate of drug-likeness (QED) is 0.175. The van der Waals surface area contributed by atoms with Crippen LogP contribution in [0.25, 0.3) is 99.9 Å². The lowest BCUT2D eigenvalue weighted by molar-refractivity contribution is 0.647. The minimum Gasteiger partial charge on any atom is -0.456 e. The van der Waals surface area contributed by atoms with Gasteiger partial charge in [-0.15, -0.1) is 0 Å². The second-order valence-corrected chi connectivity index (χ2v) is 15.9. The molecule has 0 radical (unpaired) electrons. The lowest BCUT2D eigenvalue weighted by atomic mass is 9.84. The van der Waals surface area contributed by atoms with Gasteiger partial charge in [-0.25, -0.2) is 15.0 Å². The van der Waals surface area contributed by atoms with E-state index in [1.165, 1.54) is 44.0 Å². The molecule has 2 aromatic heterocycles. The second kappa shape index (κ2) is 14.0. The molecular formula is C56H37N3O. The molecule has 4 heteroatoms. The highest BCUT2D eigenvalue weighted by Crippen LogP contribution is 2.47. The summed E-state index contributed by atoms with van der Waals surface area (Å²) in [4.78, 5) is 15.6. The number of nitrogens with zero attached hydrogens (tertiary/aromatic N) is 3. The normalized spacial score (nSPS) is 13.7. The Morgan fingerprint density at radius 2 is 0.917 bits per heavy atom. The lowest BCUT2D eigenvalue weighted by Crippen LogP contribution is -2.05. The zero-order chi connectivity index (χ0) is 39.6. The predicted octanol–water partition coefficient (Wildman–Crippen LogP) is 14.5. The van der Waals surface area contributed by atoms with Crippen LogP contribution in [-0.4, -0.2) is 15.0 Å². The van der Waals surface area contributed by atoms with E-state index >= 15 is 0 Å². The zero-order valence-electron chi connectivity index (χ0n) is 32.7. The molecule has 0 N–H and O–H groups in total. The molecule has 9 aromatic carbocycles. The van der Waals surface area contributed by atoms with Gasteiger partial charge in [0.2, 0.25) is 0 Å². The fourth-order valence-electron chi connectivity index (χ4n) is 9.34. The average molecular weight is 768 g/mol. The van der Waals surface area contributed by atoms with Gasteiger partial charge in [0.1, 0.15) is 11.2 Å². The molecule has 1 aliphatic carbocycles. The standard InChI is InChI=1S/C56H37N3O/c1-3-13-35(14-4-1)36-23-25-38(26-24-36)55-57-54(37-15-5-2-6-16-37)58-56(59-55)44-32-50(53-51(33-44)49-31-41-19-9-10-20-42(41)34-52(49)60-53)47-28-27-43-29-39-17-7-8-18-40(39)30-48(43)46-22-12-11-21-45(46)47/h1-26,29-34,47H,27-28H2/t47-/m1/s1. The van der Waals surface area contributed by atoms with Crippen LogP contribution < -0.4 is 0 Å². The number of rotatable bonds is 5. The summed E-state index contributed by atoms with van der Waals surface area (Å²) < 4.78 is 7.01. The number of furan rings is 1. The number of hydrogen-bond acceptors (Lipinski definition) is 4. The van der Waals surface area contributed by atoms with Gasteiger partial charge < -0.3 is 4.42 Å². The van der Waals surface area contributed by atoms with Crippen LogP contribution in [0.15, 0.2) is 199 Å². The first-order valence-electron chi connectivity index (χ1n) is 20.7. The van der Waals surface area contributed by atoms with Gasteiger partial charge in [0.05, 0.1) is 0 Å². The Morgan fingerprint density at radius 3 is 1.63 bits per heavy atom. The maximum Gasteiger partial charge on any atom is 0.164 e. The van der Waals surface area contributed by atoms with Crippen molar-refractivity contribution < 1.29 is 4.42 Å². The third-order valence-electron chi connectivity index (χ3n) is 12.3. The van der Waals surface area contributed by atoms with Gasteiger partial charge in [-0.05, 0) is 98.1 Å². The molecule has 282 valence electrons. The summed E-state index contributed by atoms with van der Waals surface area (Å²) in [6, 6.07) is 69.1. The molecular weight excluding hydrogens is 731 g/mol. The molecule has 0 spiro atoms. The van der Waals surface area contributed by atoms with Crippen molar-refractivity contribution in [1.29, 1.82) is 0 Å². The smallest absolute Gasteiger partial charge is 0.164 e. The van der Waals surface area contributed by atoms with Gasteiger partial charge in [-0.2, -0.15) is 0 Å². The Hall–Kier alpha value is -7.69. The summed E-state index contributed by atoms with van der Waals surface area (Å²) in [5.74, 6) is 1.94. The van der Waals surface area contributed by atoms with Crippen LogP contribution in [0.5, 0.6) is 0 Å². The highest BCUT2D eigenvalue weighted by atomic mass is 16.3. The van der Waals surface area contributed by atoms with Crippen molar-refractivity contribution in [3.8, 4) is 56.4 Å². The Labute approximate surface area is 347 Å². The van der Waals surface area contributed by atoms with E-state index in [0.29, 0.717) is 17.5 Å². The van der Waals surface area contributed by atoms with E-state index < -0.39 is 0 Å². The molecule has 2 heterocycles. The molecule has 0 aliphatic heterocycles. The van der Waals surface area contributed by atoms with E-state index in [1.807, 2.05) is 24.3 Å². The summed E-state index contributed by atoms with van der Waals surface area (Å²) in [5, 5.41) is 7.00. The third kappa shape index (κ3) is 5.87. The Morgan fingerprint density at radius 1 is 0.383 bits per heavy atom. The summed E-state index contributed by atoms with van der Waals surface area (Å²) >= 11 is 0. The molecule has 0 bridgehead atoms. The van der Waals surface area contributed by atoms with Crippen LogP contribution in [0.4, 0.5) is 0 Å². The fourth-order valence-corrected chi connectivity index (χ4v) is 9.34. The topological polar surface area (TPSA) is 51.8 Å². The fraction of sp³-hybridized carbons (Fsp3) is 0.0536. The number of fused-ring (bicyclic) bond motifs is 8. The molecule has 1 aliphatic rings. The number of hydrogen-bond donors (Lipinski definition) is 0. The first-order valence-corrected chi connectivity index (χ1v) is 20.7. The SMILES string of the molecule is c1ccc(-c2ccc(-c3nc(-c4ccccc4)nc(-c4cc([C@@H]5CCc6cc7ccccc7cc6-c6ccccc65)c5oc6cc7ccccc7cc6c5c4)n3)cc2)cc1. The van der Waals surface area contributed by atoms with E-state index in [2.05, 4.69) is 170 Å². The van der Waals surface area contributed by atoms with Gasteiger partial charge in [0.15, 0.2) is 17.5 Å². The predicted molar refractivity (Wildman–Crippen MR) is 246 cm³/mol. The molecule has 4 nitrogen and oxygen atoms in total. The second-order valence-electron chi connectivity index (χ2n) is 15.9. The van der Waals surface area contributed by atoms with E-state index in [1.54, 1.807) is 0 Å². The first-order chi connectivity index (χ1) is 29.7.